The SMILES string of the molecule is CN1C2COCC1CN(c1ccc(I)cn1)C2. The van der Waals surface area contributed by atoms with Gasteiger partial charge in [0, 0.05) is 22.9 Å². The largest absolute Gasteiger partial charge is 0.378 e. The summed E-state index contributed by atoms with van der Waals surface area (Å²) in [7, 11) is 2.20. The van der Waals surface area contributed by atoms with E-state index in [1.807, 2.05) is 6.20 Å². The van der Waals surface area contributed by atoms with Gasteiger partial charge in [0.2, 0.25) is 0 Å². The summed E-state index contributed by atoms with van der Waals surface area (Å²) in [5.74, 6) is 1.09. The average molecular weight is 345 g/mol. The molecule has 1 aromatic rings. The van der Waals surface area contributed by atoms with E-state index in [-0.39, 0.29) is 0 Å². The Labute approximate surface area is 115 Å². The van der Waals surface area contributed by atoms with Crippen LogP contribution in [0.1, 0.15) is 0 Å². The molecule has 2 fully saturated rings. The summed E-state index contributed by atoms with van der Waals surface area (Å²) in [4.78, 5) is 9.35. The zero-order valence-corrected chi connectivity index (χ0v) is 12.0. The number of hydrogen-bond acceptors (Lipinski definition) is 4. The van der Waals surface area contributed by atoms with Crippen molar-refractivity contribution in [2.24, 2.45) is 0 Å². The van der Waals surface area contributed by atoms with Crippen LogP contribution in [0.2, 0.25) is 0 Å². The lowest BCUT2D eigenvalue weighted by Crippen LogP contribution is -2.63. The van der Waals surface area contributed by atoms with Crippen molar-refractivity contribution in [1.82, 2.24) is 9.88 Å². The third kappa shape index (κ3) is 2.28. The number of anilines is 1. The zero-order valence-electron chi connectivity index (χ0n) is 9.84. The second kappa shape index (κ2) is 4.70. The molecule has 2 unspecified atom stereocenters. The molecule has 0 spiro atoms. The molecule has 3 heterocycles. The number of nitrogens with zero attached hydrogens (tertiary/aromatic N) is 3. The minimum absolute atomic E-state index is 0.503. The fourth-order valence-electron chi connectivity index (χ4n) is 2.56. The Kier molecular flexibility index (Phi) is 3.23. The van der Waals surface area contributed by atoms with Crippen molar-refractivity contribution in [2.75, 3.05) is 38.3 Å². The molecule has 3 rings (SSSR count). The Bertz CT molecular complexity index is 383. The zero-order chi connectivity index (χ0) is 11.8. The first kappa shape index (κ1) is 11.7. The average Bonchev–Trinajstić information content (AvgIpc) is 2.30. The number of pyridine rings is 1. The maximum Gasteiger partial charge on any atom is 0.128 e. The molecule has 0 amide bonds. The number of halogens is 1. The fourth-order valence-corrected chi connectivity index (χ4v) is 2.88. The van der Waals surface area contributed by atoms with Gasteiger partial charge < -0.3 is 9.64 Å². The summed E-state index contributed by atoms with van der Waals surface area (Å²) in [6.07, 6.45) is 1.93. The first-order valence-corrected chi connectivity index (χ1v) is 6.98. The van der Waals surface area contributed by atoms with Gasteiger partial charge in [-0.05, 0) is 41.8 Å². The van der Waals surface area contributed by atoms with Gasteiger partial charge in [-0.2, -0.15) is 0 Å². The third-order valence-corrected chi connectivity index (χ3v) is 4.31. The highest BCUT2D eigenvalue weighted by Crippen LogP contribution is 2.23. The Balaban J connectivity index is 1.79. The van der Waals surface area contributed by atoms with E-state index in [1.165, 1.54) is 3.57 Å². The normalized spacial score (nSPS) is 29.4. The number of morpholine rings is 1. The monoisotopic (exact) mass is 345 g/mol. The maximum atomic E-state index is 5.62. The molecule has 2 atom stereocenters. The van der Waals surface area contributed by atoms with Gasteiger partial charge in [-0.15, -0.1) is 0 Å². The van der Waals surface area contributed by atoms with Crippen LogP contribution in [0.15, 0.2) is 18.3 Å². The van der Waals surface area contributed by atoms with Crippen molar-refractivity contribution in [1.29, 1.82) is 0 Å². The van der Waals surface area contributed by atoms with Crippen molar-refractivity contribution in [3.63, 3.8) is 0 Å². The molecule has 92 valence electrons. The van der Waals surface area contributed by atoms with Crippen molar-refractivity contribution >= 4 is 28.4 Å². The molecule has 2 aliphatic heterocycles. The molecule has 2 bridgehead atoms. The molecule has 0 aliphatic carbocycles. The lowest BCUT2D eigenvalue weighted by molar-refractivity contribution is -0.0441. The predicted octanol–water partition coefficient (Wildman–Crippen LogP) is 1.21. The molecule has 0 radical (unpaired) electrons. The van der Waals surface area contributed by atoms with Crippen LogP contribution in [-0.2, 0) is 4.74 Å². The molecule has 2 saturated heterocycles. The smallest absolute Gasteiger partial charge is 0.128 e. The van der Waals surface area contributed by atoms with E-state index in [0.29, 0.717) is 12.1 Å². The molecule has 0 N–H and O–H groups in total. The molecular weight excluding hydrogens is 329 g/mol. The van der Waals surface area contributed by atoms with Crippen LogP contribution < -0.4 is 4.90 Å². The Hall–Kier alpha value is -0.400. The fraction of sp³-hybridized carbons (Fsp3) is 0.583. The lowest BCUT2D eigenvalue weighted by Gasteiger charge is -2.48. The van der Waals surface area contributed by atoms with Gasteiger partial charge in [-0.25, -0.2) is 4.98 Å². The number of hydrogen-bond donors (Lipinski definition) is 0. The van der Waals surface area contributed by atoms with E-state index >= 15 is 0 Å². The van der Waals surface area contributed by atoms with E-state index in [0.717, 1.165) is 32.1 Å². The predicted molar refractivity (Wildman–Crippen MR) is 75.3 cm³/mol. The van der Waals surface area contributed by atoms with Crippen molar-refractivity contribution in [3.8, 4) is 0 Å². The van der Waals surface area contributed by atoms with E-state index in [1.54, 1.807) is 0 Å². The van der Waals surface area contributed by atoms with Gasteiger partial charge >= 0.3 is 0 Å². The first-order valence-electron chi connectivity index (χ1n) is 5.90. The summed E-state index contributed by atoms with van der Waals surface area (Å²) in [6.45, 7) is 3.71. The van der Waals surface area contributed by atoms with Crippen LogP contribution in [0.25, 0.3) is 0 Å². The van der Waals surface area contributed by atoms with Gasteiger partial charge in [0.1, 0.15) is 5.82 Å². The van der Waals surface area contributed by atoms with E-state index < -0.39 is 0 Å². The Morgan fingerprint density at radius 3 is 2.59 bits per heavy atom. The summed E-state index contributed by atoms with van der Waals surface area (Å²) in [5, 5.41) is 0. The van der Waals surface area contributed by atoms with Crippen molar-refractivity contribution in [3.05, 3.63) is 21.9 Å². The van der Waals surface area contributed by atoms with Crippen LogP contribution >= 0.6 is 22.6 Å². The van der Waals surface area contributed by atoms with Crippen molar-refractivity contribution in [2.45, 2.75) is 12.1 Å². The van der Waals surface area contributed by atoms with Gasteiger partial charge in [0.15, 0.2) is 0 Å². The highest BCUT2D eigenvalue weighted by Gasteiger charge is 2.35. The van der Waals surface area contributed by atoms with E-state index in [2.05, 4.69) is 56.6 Å². The summed E-state index contributed by atoms with van der Waals surface area (Å²) in [6, 6.07) is 5.24. The van der Waals surface area contributed by atoms with Crippen LogP contribution in [0.3, 0.4) is 0 Å². The van der Waals surface area contributed by atoms with Gasteiger partial charge in [0.25, 0.3) is 0 Å². The molecule has 4 nitrogen and oxygen atoms in total. The Morgan fingerprint density at radius 2 is 2.00 bits per heavy atom. The third-order valence-electron chi connectivity index (χ3n) is 3.67. The molecule has 0 saturated carbocycles. The second-order valence-electron chi connectivity index (χ2n) is 4.75. The minimum atomic E-state index is 0.503. The molecule has 5 heteroatoms. The van der Waals surface area contributed by atoms with Gasteiger partial charge in [0.05, 0.1) is 25.3 Å². The molecule has 0 aromatic carbocycles. The highest BCUT2D eigenvalue weighted by molar-refractivity contribution is 14.1. The molecular formula is C12H16IN3O. The lowest BCUT2D eigenvalue weighted by atomic mass is 10.1. The number of piperazine rings is 1. The van der Waals surface area contributed by atoms with E-state index in [9.17, 15) is 0 Å². The van der Waals surface area contributed by atoms with Crippen LogP contribution in [0.5, 0.6) is 0 Å². The summed E-state index contributed by atoms with van der Waals surface area (Å²) in [5.41, 5.74) is 0. The number of likely N-dealkylation sites (N-methyl/N-ethyl adjacent to an activating group) is 1. The maximum absolute atomic E-state index is 5.62. The quantitative estimate of drug-likeness (QED) is 0.716. The molecule has 1 aromatic heterocycles. The number of rotatable bonds is 1. The van der Waals surface area contributed by atoms with E-state index in [4.69, 9.17) is 4.74 Å². The number of fused-ring (bicyclic) bond motifs is 2. The topological polar surface area (TPSA) is 28.6 Å². The first-order chi connectivity index (χ1) is 8.24. The molecule has 17 heavy (non-hydrogen) atoms. The van der Waals surface area contributed by atoms with Crippen LogP contribution in [0, 0.1) is 3.57 Å². The number of ether oxygens (including phenoxy) is 1. The second-order valence-corrected chi connectivity index (χ2v) is 6.00. The van der Waals surface area contributed by atoms with Crippen LogP contribution in [0.4, 0.5) is 5.82 Å². The summed E-state index contributed by atoms with van der Waals surface area (Å²) < 4.78 is 6.80. The molecule has 2 aliphatic rings. The standard InChI is InChI=1S/C12H16IN3O/c1-15-10-5-16(6-11(15)8-17-7-10)12-3-2-9(13)4-14-12/h2-4,10-11H,5-8H2,1H3. The minimum Gasteiger partial charge on any atom is -0.378 e. The van der Waals surface area contributed by atoms with Gasteiger partial charge in [-0.1, -0.05) is 0 Å². The number of aromatic nitrogens is 1. The summed E-state index contributed by atoms with van der Waals surface area (Å²) >= 11 is 2.29. The Morgan fingerprint density at radius 1 is 1.29 bits per heavy atom. The van der Waals surface area contributed by atoms with Crippen molar-refractivity contribution < 1.29 is 4.74 Å². The van der Waals surface area contributed by atoms with Gasteiger partial charge in [-0.3, -0.25) is 4.90 Å². The highest BCUT2D eigenvalue weighted by atomic mass is 127. The van der Waals surface area contributed by atoms with Crippen LogP contribution in [-0.4, -0.2) is 55.3 Å².